The van der Waals surface area contributed by atoms with Crippen molar-refractivity contribution in [2.24, 2.45) is 0 Å². The molecule has 0 amide bonds. The molecule has 1 aliphatic carbocycles. The third-order valence-electron chi connectivity index (χ3n) is 1.80. The zero-order chi connectivity index (χ0) is 6.69. The molecule has 1 fully saturated rings. The number of rotatable bonds is 3. The van der Waals surface area contributed by atoms with Crippen LogP contribution in [0.15, 0.2) is 0 Å². The molecule has 2 nitrogen and oxygen atoms in total. The Morgan fingerprint density at radius 3 is 2.44 bits per heavy atom. The van der Waals surface area contributed by atoms with Crippen molar-refractivity contribution in [3.8, 4) is 0 Å². The smallest absolute Gasteiger partial charge is 0.0776 e. The summed E-state index contributed by atoms with van der Waals surface area (Å²) < 4.78 is 0. The Bertz CT molecular complexity index is 76.2. The van der Waals surface area contributed by atoms with Crippen LogP contribution in [0.2, 0.25) is 0 Å². The van der Waals surface area contributed by atoms with Crippen LogP contribution < -0.4 is 0 Å². The Morgan fingerprint density at radius 2 is 2.11 bits per heavy atom. The standard InChI is InChI=1S/C7H13O2/c8-5-7(9)4-6-2-1-3-6/h7-9H,1-5H2. The monoisotopic (exact) mass is 129 g/mol. The summed E-state index contributed by atoms with van der Waals surface area (Å²) in [5.41, 5.74) is 0. The molecule has 0 heterocycles. The summed E-state index contributed by atoms with van der Waals surface area (Å²) in [5.74, 6) is 1.41. The van der Waals surface area contributed by atoms with Gasteiger partial charge in [0.2, 0.25) is 0 Å². The minimum absolute atomic E-state index is 0.0938. The van der Waals surface area contributed by atoms with E-state index >= 15 is 0 Å². The van der Waals surface area contributed by atoms with E-state index in [-0.39, 0.29) is 6.61 Å². The van der Waals surface area contributed by atoms with E-state index in [1.54, 1.807) is 0 Å². The van der Waals surface area contributed by atoms with Gasteiger partial charge in [-0.1, -0.05) is 6.42 Å². The van der Waals surface area contributed by atoms with Crippen LogP contribution in [-0.2, 0) is 0 Å². The first-order valence-electron chi connectivity index (χ1n) is 3.45. The van der Waals surface area contributed by atoms with Crippen LogP contribution in [0.25, 0.3) is 0 Å². The predicted molar refractivity (Wildman–Crippen MR) is 34.8 cm³/mol. The average Bonchev–Trinajstić information content (AvgIpc) is 1.78. The molecule has 0 aromatic carbocycles. The maximum atomic E-state index is 8.92. The molecule has 0 saturated heterocycles. The molecule has 1 radical (unpaired) electrons. The minimum Gasteiger partial charge on any atom is -0.394 e. The molecule has 0 bridgehead atoms. The Kier molecular flexibility index (Phi) is 2.49. The quantitative estimate of drug-likeness (QED) is 0.582. The Balaban J connectivity index is 2.01. The Morgan fingerprint density at radius 1 is 1.44 bits per heavy atom. The van der Waals surface area contributed by atoms with Gasteiger partial charge in [-0.3, -0.25) is 0 Å². The summed E-state index contributed by atoms with van der Waals surface area (Å²) in [5, 5.41) is 17.4. The average molecular weight is 129 g/mol. The number of hydrogen-bond acceptors (Lipinski definition) is 2. The lowest BCUT2D eigenvalue weighted by Gasteiger charge is -2.26. The highest BCUT2D eigenvalue weighted by Gasteiger charge is 2.20. The van der Waals surface area contributed by atoms with E-state index in [0.29, 0.717) is 0 Å². The van der Waals surface area contributed by atoms with E-state index in [1.807, 2.05) is 0 Å². The normalized spacial score (nSPS) is 23.3. The van der Waals surface area contributed by atoms with Crippen LogP contribution in [0.3, 0.4) is 0 Å². The second-order valence-electron chi connectivity index (χ2n) is 2.64. The van der Waals surface area contributed by atoms with Gasteiger partial charge in [0, 0.05) is 0 Å². The van der Waals surface area contributed by atoms with Crippen LogP contribution in [0, 0.1) is 5.92 Å². The molecule has 0 aromatic rings. The van der Waals surface area contributed by atoms with Gasteiger partial charge in [0.05, 0.1) is 12.7 Å². The lowest BCUT2D eigenvalue weighted by Crippen LogP contribution is -2.20. The molecule has 1 rings (SSSR count). The molecule has 1 saturated carbocycles. The summed E-state index contributed by atoms with van der Waals surface area (Å²) in [6, 6.07) is 0. The van der Waals surface area contributed by atoms with E-state index < -0.39 is 6.10 Å². The van der Waals surface area contributed by atoms with Crippen molar-refractivity contribution in [1.29, 1.82) is 0 Å². The zero-order valence-electron chi connectivity index (χ0n) is 5.51. The van der Waals surface area contributed by atoms with E-state index in [0.717, 1.165) is 19.3 Å². The number of aliphatic hydroxyl groups excluding tert-OH is 2. The van der Waals surface area contributed by atoms with Gasteiger partial charge < -0.3 is 10.2 Å². The third-order valence-corrected chi connectivity index (χ3v) is 1.80. The molecule has 1 atom stereocenters. The molecule has 9 heavy (non-hydrogen) atoms. The molecule has 1 unspecified atom stereocenters. The lowest BCUT2D eigenvalue weighted by molar-refractivity contribution is 0.0862. The summed E-state index contributed by atoms with van der Waals surface area (Å²) >= 11 is 0. The van der Waals surface area contributed by atoms with Crippen molar-refractivity contribution in [2.75, 3.05) is 6.61 Å². The summed E-state index contributed by atoms with van der Waals surface area (Å²) in [6.45, 7) is -0.0938. The predicted octanol–water partition coefficient (Wildman–Crippen LogP) is 0.488. The molecular formula is C7H13O2. The van der Waals surface area contributed by atoms with Gasteiger partial charge in [0.15, 0.2) is 0 Å². The van der Waals surface area contributed by atoms with Crippen molar-refractivity contribution in [2.45, 2.75) is 31.8 Å². The highest BCUT2D eigenvalue weighted by molar-refractivity contribution is 4.99. The highest BCUT2D eigenvalue weighted by Crippen LogP contribution is 2.32. The van der Waals surface area contributed by atoms with Crippen molar-refractivity contribution in [3.05, 3.63) is 5.92 Å². The lowest BCUT2D eigenvalue weighted by atomic mass is 9.81. The molecule has 0 aliphatic heterocycles. The Labute approximate surface area is 55.5 Å². The van der Waals surface area contributed by atoms with Gasteiger partial charge in [0.25, 0.3) is 0 Å². The van der Waals surface area contributed by atoms with E-state index in [9.17, 15) is 0 Å². The first-order valence-corrected chi connectivity index (χ1v) is 3.45. The van der Waals surface area contributed by atoms with E-state index in [2.05, 4.69) is 0 Å². The minimum atomic E-state index is -0.500. The van der Waals surface area contributed by atoms with Crippen molar-refractivity contribution < 1.29 is 10.2 Å². The maximum absolute atomic E-state index is 8.92. The SMILES string of the molecule is OCC(O)C[C]1CCC1. The van der Waals surface area contributed by atoms with Gasteiger partial charge >= 0.3 is 0 Å². The summed E-state index contributed by atoms with van der Waals surface area (Å²) in [6.07, 6.45) is 3.82. The fraction of sp³-hybridized carbons (Fsp3) is 0.857. The fourth-order valence-corrected chi connectivity index (χ4v) is 1.03. The van der Waals surface area contributed by atoms with Gasteiger partial charge in [-0.05, 0) is 25.2 Å². The van der Waals surface area contributed by atoms with Crippen LogP contribution >= 0.6 is 0 Å². The molecule has 53 valence electrons. The van der Waals surface area contributed by atoms with Gasteiger partial charge in [0.1, 0.15) is 0 Å². The van der Waals surface area contributed by atoms with Crippen LogP contribution in [-0.4, -0.2) is 22.9 Å². The van der Waals surface area contributed by atoms with Gasteiger partial charge in [-0.2, -0.15) is 0 Å². The number of aliphatic hydroxyl groups is 2. The second-order valence-corrected chi connectivity index (χ2v) is 2.64. The molecular weight excluding hydrogens is 116 g/mol. The Hall–Kier alpha value is -0.0800. The second kappa shape index (κ2) is 3.18. The van der Waals surface area contributed by atoms with E-state index in [1.165, 1.54) is 12.3 Å². The fourth-order valence-electron chi connectivity index (χ4n) is 1.03. The topological polar surface area (TPSA) is 40.5 Å². The molecule has 2 N–H and O–H groups in total. The first-order chi connectivity index (χ1) is 4.33. The molecule has 0 aromatic heterocycles. The van der Waals surface area contributed by atoms with Crippen molar-refractivity contribution >= 4 is 0 Å². The highest BCUT2D eigenvalue weighted by atomic mass is 16.3. The molecule has 1 aliphatic rings. The van der Waals surface area contributed by atoms with Crippen LogP contribution in [0.1, 0.15) is 25.7 Å². The van der Waals surface area contributed by atoms with Crippen molar-refractivity contribution in [1.82, 2.24) is 0 Å². The zero-order valence-corrected chi connectivity index (χ0v) is 5.51. The first kappa shape index (κ1) is 7.03. The molecule has 2 heteroatoms. The maximum Gasteiger partial charge on any atom is 0.0776 e. The molecule has 0 spiro atoms. The van der Waals surface area contributed by atoms with Crippen LogP contribution in [0.5, 0.6) is 0 Å². The van der Waals surface area contributed by atoms with Crippen LogP contribution in [0.4, 0.5) is 0 Å². The number of hydrogen-bond donors (Lipinski definition) is 2. The van der Waals surface area contributed by atoms with Gasteiger partial charge in [-0.15, -0.1) is 0 Å². The summed E-state index contributed by atoms with van der Waals surface area (Å²) in [4.78, 5) is 0. The van der Waals surface area contributed by atoms with E-state index in [4.69, 9.17) is 10.2 Å². The van der Waals surface area contributed by atoms with Gasteiger partial charge in [-0.25, -0.2) is 0 Å². The summed E-state index contributed by atoms with van der Waals surface area (Å²) in [7, 11) is 0. The third kappa shape index (κ3) is 1.95. The van der Waals surface area contributed by atoms with Crippen molar-refractivity contribution in [3.63, 3.8) is 0 Å². The largest absolute Gasteiger partial charge is 0.394 e.